The molecule has 0 N–H and O–H groups in total. The maximum Gasteiger partial charge on any atom is 0.258 e. The summed E-state index contributed by atoms with van der Waals surface area (Å²) in [7, 11) is 0. The monoisotopic (exact) mass is 475 g/mol. The van der Waals surface area contributed by atoms with E-state index in [9.17, 15) is 9.18 Å². The smallest absolute Gasteiger partial charge is 0.258 e. The molecule has 0 radical (unpaired) electrons. The second kappa shape index (κ2) is 9.22. The SMILES string of the molecule is Cc1cc(=O)n(-c2ccc(N3CCC(Cc4ccc(F)c5ccccc45)CC3)c(Cl)c2)c(C)n1. The summed E-state index contributed by atoms with van der Waals surface area (Å²) in [6, 6.07) is 18.6. The van der Waals surface area contributed by atoms with Crippen LogP contribution in [0.5, 0.6) is 0 Å². The summed E-state index contributed by atoms with van der Waals surface area (Å²) in [5.41, 5.74) is 3.52. The van der Waals surface area contributed by atoms with Crippen molar-refractivity contribution in [3.8, 4) is 5.69 Å². The van der Waals surface area contributed by atoms with Crippen molar-refractivity contribution >= 4 is 28.1 Å². The minimum atomic E-state index is -0.161. The highest BCUT2D eigenvalue weighted by Crippen LogP contribution is 2.33. The molecule has 1 fully saturated rings. The minimum absolute atomic E-state index is 0.108. The number of benzene rings is 3. The van der Waals surface area contributed by atoms with Gasteiger partial charge in [-0.05, 0) is 74.2 Å². The van der Waals surface area contributed by atoms with Crippen LogP contribution in [0, 0.1) is 25.6 Å². The molecule has 1 aliphatic heterocycles. The van der Waals surface area contributed by atoms with Gasteiger partial charge in [0.05, 0.1) is 16.4 Å². The molecule has 4 nitrogen and oxygen atoms in total. The Labute approximate surface area is 203 Å². The van der Waals surface area contributed by atoms with Crippen LogP contribution in [0.4, 0.5) is 10.1 Å². The van der Waals surface area contributed by atoms with E-state index in [2.05, 4.69) is 9.88 Å². The van der Waals surface area contributed by atoms with Crippen molar-refractivity contribution in [2.75, 3.05) is 18.0 Å². The van der Waals surface area contributed by atoms with Crippen LogP contribution in [0.3, 0.4) is 0 Å². The largest absolute Gasteiger partial charge is 0.370 e. The van der Waals surface area contributed by atoms with Gasteiger partial charge in [-0.15, -0.1) is 0 Å². The van der Waals surface area contributed by atoms with E-state index in [1.165, 1.54) is 11.6 Å². The Morgan fingerprint density at radius 3 is 2.44 bits per heavy atom. The van der Waals surface area contributed by atoms with Gasteiger partial charge in [-0.25, -0.2) is 9.37 Å². The van der Waals surface area contributed by atoms with Gasteiger partial charge in [0.15, 0.2) is 0 Å². The number of rotatable bonds is 4. The molecular weight excluding hydrogens is 449 g/mol. The van der Waals surface area contributed by atoms with Crippen molar-refractivity contribution in [3.63, 3.8) is 0 Å². The molecular formula is C28H27ClFN3O. The maximum atomic E-state index is 14.2. The first-order chi connectivity index (χ1) is 16.4. The average Bonchev–Trinajstić information content (AvgIpc) is 2.81. The van der Waals surface area contributed by atoms with E-state index in [-0.39, 0.29) is 11.4 Å². The molecule has 0 atom stereocenters. The van der Waals surface area contributed by atoms with Gasteiger partial charge in [-0.1, -0.05) is 41.9 Å². The zero-order chi connectivity index (χ0) is 23.8. The van der Waals surface area contributed by atoms with Crippen LogP contribution < -0.4 is 10.5 Å². The molecule has 0 unspecified atom stereocenters. The molecule has 0 saturated carbocycles. The van der Waals surface area contributed by atoms with Gasteiger partial charge in [0.25, 0.3) is 5.56 Å². The van der Waals surface area contributed by atoms with Gasteiger partial charge in [0, 0.05) is 30.2 Å². The normalized spacial score (nSPS) is 14.6. The number of nitrogens with zero attached hydrogens (tertiary/aromatic N) is 3. The van der Waals surface area contributed by atoms with Crippen LogP contribution in [0.25, 0.3) is 16.5 Å². The Morgan fingerprint density at radius 1 is 1.00 bits per heavy atom. The molecule has 34 heavy (non-hydrogen) atoms. The summed E-state index contributed by atoms with van der Waals surface area (Å²) < 4.78 is 15.8. The molecule has 0 spiro atoms. The fourth-order valence-electron chi connectivity index (χ4n) is 5.14. The summed E-state index contributed by atoms with van der Waals surface area (Å²) >= 11 is 6.68. The van der Waals surface area contributed by atoms with Crippen LogP contribution in [0.2, 0.25) is 5.02 Å². The summed E-state index contributed by atoms with van der Waals surface area (Å²) in [5.74, 6) is 1.03. The van der Waals surface area contributed by atoms with Crippen molar-refractivity contribution in [2.45, 2.75) is 33.1 Å². The predicted octanol–water partition coefficient (Wildman–Crippen LogP) is 6.25. The molecule has 0 amide bonds. The van der Waals surface area contributed by atoms with Gasteiger partial charge in [0.2, 0.25) is 0 Å². The number of aryl methyl sites for hydroxylation is 2. The highest BCUT2D eigenvalue weighted by molar-refractivity contribution is 6.33. The van der Waals surface area contributed by atoms with E-state index >= 15 is 0 Å². The van der Waals surface area contributed by atoms with Crippen LogP contribution in [-0.4, -0.2) is 22.6 Å². The number of fused-ring (bicyclic) bond motifs is 1. The van der Waals surface area contributed by atoms with E-state index in [4.69, 9.17) is 11.6 Å². The second-order valence-corrected chi connectivity index (χ2v) is 9.55. The van der Waals surface area contributed by atoms with E-state index < -0.39 is 0 Å². The van der Waals surface area contributed by atoms with E-state index in [0.29, 0.717) is 27.8 Å². The summed E-state index contributed by atoms with van der Waals surface area (Å²) in [6.45, 7) is 5.46. The number of halogens is 2. The lowest BCUT2D eigenvalue weighted by atomic mass is 9.88. The lowest BCUT2D eigenvalue weighted by molar-refractivity contribution is 0.404. The number of anilines is 1. The third-order valence-electron chi connectivity index (χ3n) is 6.83. The molecule has 0 bridgehead atoms. The van der Waals surface area contributed by atoms with Gasteiger partial charge < -0.3 is 4.90 Å². The first-order valence-corrected chi connectivity index (χ1v) is 12.1. The molecule has 0 aliphatic carbocycles. The van der Waals surface area contributed by atoms with E-state index in [0.717, 1.165) is 49.1 Å². The molecule has 5 rings (SSSR count). The molecule has 6 heteroatoms. The van der Waals surface area contributed by atoms with Crippen molar-refractivity contribution < 1.29 is 4.39 Å². The average molecular weight is 476 g/mol. The lowest BCUT2D eigenvalue weighted by Gasteiger charge is -2.34. The Balaban J connectivity index is 1.30. The van der Waals surface area contributed by atoms with Crippen LogP contribution in [-0.2, 0) is 6.42 Å². The number of hydrogen-bond donors (Lipinski definition) is 0. The Hall–Kier alpha value is -3.18. The third-order valence-corrected chi connectivity index (χ3v) is 7.13. The van der Waals surface area contributed by atoms with Gasteiger partial charge >= 0.3 is 0 Å². The number of aromatic nitrogens is 2. The topological polar surface area (TPSA) is 38.1 Å². The Morgan fingerprint density at radius 2 is 1.74 bits per heavy atom. The molecule has 3 aromatic carbocycles. The molecule has 174 valence electrons. The van der Waals surface area contributed by atoms with E-state index in [1.54, 1.807) is 10.6 Å². The fourth-order valence-corrected chi connectivity index (χ4v) is 5.43. The number of hydrogen-bond acceptors (Lipinski definition) is 3. The highest BCUT2D eigenvalue weighted by atomic mass is 35.5. The number of piperidine rings is 1. The van der Waals surface area contributed by atoms with Crippen molar-refractivity contribution in [2.24, 2.45) is 5.92 Å². The van der Waals surface area contributed by atoms with Gasteiger partial charge in [-0.2, -0.15) is 0 Å². The molecule has 1 aromatic heterocycles. The standard InChI is InChI=1S/C28H27ClFN3O/c1-18-15-28(34)33(19(2)31-18)22-8-10-27(25(29)17-22)32-13-11-20(12-14-32)16-21-7-9-26(30)24-6-4-3-5-23(21)24/h3-10,15,17,20H,11-14,16H2,1-2H3. The predicted molar refractivity (Wildman–Crippen MR) is 137 cm³/mol. The first kappa shape index (κ1) is 22.6. The Kier molecular flexibility index (Phi) is 6.13. The first-order valence-electron chi connectivity index (χ1n) is 11.7. The lowest BCUT2D eigenvalue weighted by Crippen LogP contribution is -2.34. The van der Waals surface area contributed by atoms with Gasteiger partial charge in [-0.3, -0.25) is 9.36 Å². The highest BCUT2D eigenvalue weighted by Gasteiger charge is 2.22. The van der Waals surface area contributed by atoms with Gasteiger partial charge in [0.1, 0.15) is 11.6 Å². The third kappa shape index (κ3) is 4.32. The van der Waals surface area contributed by atoms with Crippen LogP contribution in [0.15, 0.2) is 65.5 Å². The second-order valence-electron chi connectivity index (χ2n) is 9.14. The zero-order valence-electron chi connectivity index (χ0n) is 19.4. The molecule has 1 saturated heterocycles. The van der Waals surface area contributed by atoms with Crippen molar-refractivity contribution in [1.29, 1.82) is 0 Å². The molecule has 2 heterocycles. The summed E-state index contributed by atoms with van der Waals surface area (Å²) in [5, 5.41) is 2.34. The maximum absolute atomic E-state index is 14.2. The van der Waals surface area contributed by atoms with Crippen molar-refractivity contribution in [1.82, 2.24) is 9.55 Å². The fraction of sp³-hybridized carbons (Fsp3) is 0.286. The quantitative estimate of drug-likeness (QED) is 0.350. The minimum Gasteiger partial charge on any atom is -0.370 e. The van der Waals surface area contributed by atoms with Crippen LogP contribution >= 0.6 is 11.6 Å². The molecule has 1 aliphatic rings. The van der Waals surface area contributed by atoms with Crippen LogP contribution in [0.1, 0.15) is 29.9 Å². The van der Waals surface area contributed by atoms with E-state index in [1.807, 2.05) is 62.4 Å². The summed E-state index contributed by atoms with van der Waals surface area (Å²) in [6.07, 6.45) is 3.04. The van der Waals surface area contributed by atoms with Crippen molar-refractivity contribution in [3.05, 3.63) is 98.9 Å². The molecule has 4 aromatic rings. The zero-order valence-corrected chi connectivity index (χ0v) is 20.1. The summed E-state index contributed by atoms with van der Waals surface area (Å²) in [4.78, 5) is 19.2. The Bertz CT molecular complexity index is 1420.